The molecule has 1 amide bonds. The lowest BCUT2D eigenvalue weighted by atomic mass is 10.1. The summed E-state index contributed by atoms with van der Waals surface area (Å²) < 4.78 is 5.26. The molecule has 2 aromatic rings. The van der Waals surface area contributed by atoms with Gasteiger partial charge in [0.15, 0.2) is 0 Å². The molecule has 2 heterocycles. The zero-order valence-electron chi connectivity index (χ0n) is 13.1. The quantitative estimate of drug-likeness (QED) is 0.789. The van der Waals surface area contributed by atoms with E-state index in [1.54, 1.807) is 23.1 Å². The van der Waals surface area contributed by atoms with Crippen LogP contribution >= 0.6 is 11.6 Å². The molecule has 10 heteroatoms. The number of nitriles is 1. The molecule has 2 N–H and O–H groups in total. The van der Waals surface area contributed by atoms with Crippen molar-refractivity contribution in [3.8, 4) is 6.07 Å². The molecule has 0 unspecified atom stereocenters. The molecule has 1 saturated heterocycles. The van der Waals surface area contributed by atoms with E-state index in [0.717, 1.165) is 0 Å². The van der Waals surface area contributed by atoms with Crippen LogP contribution in [-0.2, 0) is 4.74 Å². The van der Waals surface area contributed by atoms with Gasteiger partial charge in [0.2, 0.25) is 5.82 Å². The van der Waals surface area contributed by atoms with E-state index in [0.29, 0.717) is 42.6 Å². The van der Waals surface area contributed by atoms with Crippen molar-refractivity contribution in [2.45, 2.75) is 0 Å². The van der Waals surface area contributed by atoms with Crippen LogP contribution in [-0.4, -0.2) is 57.7 Å². The predicted octanol–water partition coefficient (Wildman–Crippen LogP) is 1.30. The topological polar surface area (TPSA) is 120 Å². The van der Waals surface area contributed by atoms with Crippen LogP contribution in [0.4, 0.5) is 5.69 Å². The molecule has 1 aliphatic rings. The van der Waals surface area contributed by atoms with E-state index < -0.39 is 0 Å². The average Bonchev–Trinajstić information content (AvgIpc) is 3.18. The Balaban J connectivity index is 1.80. The smallest absolute Gasteiger partial charge is 0.254 e. The van der Waals surface area contributed by atoms with Crippen molar-refractivity contribution in [2.75, 3.05) is 31.6 Å². The first kappa shape index (κ1) is 16.9. The summed E-state index contributed by atoms with van der Waals surface area (Å²) in [5.41, 5.74) is 1.17. The maximum absolute atomic E-state index is 12.5. The number of aromatic nitrogens is 4. The van der Waals surface area contributed by atoms with Crippen LogP contribution in [0.5, 0.6) is 0 Å². The van der Waals surface area contributed by atoms with Crippen LogP contribution in [0.3, 0.4) is 0 Å². The summed E-state index contributed by atoms with van der Waals surface area (Å²) in [4.78, 5) is 14.3. The van der Waals surface area contributed by atoms with Gasteiger partial charge in [0.25, 0.3) is 5.91 Å². The van der Waals surface area contributed by atoms with Gasteiger partial charge in [0.1, 0.15) is 11.6 Å². The standard InChI is InChI=1S/C15H14ClN7O2/c16-12-2-1-10(15(24)23-3-5-25-6-4-23)7-13(12)18-9-11(8-17)14-19-21-22-20-14/h1-2,7,9,18H,3-6H2,(H,19,20,21,22). The Hall–Kier alpha value is -2.96. The number of carbonyl (C=O) groups excluding carboxylic acids is 1. The molecule has 25 heavy (non-hydrogen) atoms. The van der Waals surface area contributed by atoms with Crippen molar-refractivity contribution in [2.24, 2.45) is 0 Å². The number of amides is 1. The lowest BCUT2D eigenvalue weighted by Gasteiger charge is -2.27. The number of rotatable bonds is 4. The van der Waals surface area contributed by atoms with E-state index in [9.17, 15) is 10.1 Å². The minimum absolute atomic E-state index is 0.0920. The highest BCUT2D eigenvalue weighted by Crippen LogP contribution is 2.24. The van der Waals surface area contributed by atoms with Gasteiger partial charge in [0.05, 0.1) is 23.9 Å². The summed E-state index contributed by atoms with van der Waals surface area (Å²) in [6, 6.07) is 6.90. The van der Waals surface area contributed by atoms with Crippen molar-refractivity contribution in [1.82, 2.24) is 25.5 Å². The van der Waals surface area contributed by atoms with Gasteiger partial charge in [-0.1, -0.05) is 11.6 Å². The number of benzene rings is 1. The van der Waals surface area contributed by atoms with E-state index >= 15 is 0 Å². The summed E-state index contributed by atoms with van der Waals surface area (Å²) in [7, 11) is 0. The fourth-order valence-electron chi connectivity index (χ4n) is 2.29. The summed E-state index contributed by atoms with van der Waals surface area (Å²) in [6.45, 7) is 2.17. The Morgan fingerprint density at radius 2 is 2.24 bits per heavy atom. The summed E-state index contributed by atoms with van der Waals surface area (Å²) >= 11 is 6.17. The van der Waals surface area contributed by atoms with Crippen LogP contribution in [0, 0.1) is 11.3 Å². The minimum Gasteiger partial charge on any atom is -0.378 e. The van der Waals surface area contributed by atoms with Gasteiger partial charge in [-0.3, -0.25) is 4.79 Å². The molecule has 3 rings (SSSR count). The van der Waals surface area contributed by atoms with Gasteiger partial charge in [-0.25, -0.2) is 0 Å². The van der Waals surface area contributed by atoms with E-state index in [1.807, 2.05) is 6.07 Å². The van der Waals surface area contributed by atoms with Gasteiger partial charge in [-0.2, -0.15) is 10.5 Å². The highest BCUT2D eigenvalue weighted by Gasteiger charge is 2.19. The number of allylic oxidation sites excluding steroid dienone is 1. The van der Waals surface area contributed by atoms with Crippen LogP contribution in [0.15, 0.2) is 24.4 Å². The number of morpholine rings is 1. The number of nitrogens with one attached hydrogen (secondary N) is 2. The Labute approximate surface area is 148 Å². The number of aromatic amines is 1. The lowest BCUT2D eigenvalue weighted by Crippen LogP contribution is -2.40. The molecular weight excluding hydrogens is 346 g/mol. The van der Waals surface area contributed by atoms with Crippen molar-refractivity contribution < 1.29 is 9.53 Å². The SMILES string of the molecule is N#CC(=CNc1cc(C(=O)N2CCOCC2)ccc1Cl)c1nn[nH]n1. The lowest BCUT2D eigenvalue weighted by molar-refractivity contribution is 0.0303. The first-order chi connectivity index (χ1) is 12.2. The third kappa shape index (κ3) is 3.93. The summed E-state index contributed by atoms with van der Waals surface area (Å²) in [5, 5.41) is 25.7. The number of halogens is 1. The molecule has 1 fully saturated rings. The molecule has 0 aliphatic carbocycles. The number of hydrogen-bond acceptors (Lipinski definition) is 7. The number of anilines is 1. The zero-order chi connectivity index (χ0) is 17.6. The summed E-state index contributed by atoms with van der Waals surface area (Å²) in [6.07, 6.45) is 1.41. The van der Waals surface area contributed by atoms with Crippen molar-refractivity contribution in [3.05, 3.63) is 40.8 Å². The second kappa shape index (κ2) is 7.74. The molecule has 0 saturated carbocycles. The predicted molar refractivity (Wildman–Crippen MR) is 89.6 cm³/mol. The number of nitrogens with zero attached hydrogens (tertiary/aromatic N) is 5. The molecule has 0 atom stereocenters. The second-order valence-electron chi connectivity index (χ2n) is 5.15. The number of ether oxygens (including phenoxy) is 1. The monoisotopic (exact) mass is 359 g/mol. The van der Waals surface area contributed by atoms with Crippen LogP contribution in [0.25, 0.3) is 5.57 Å². The van der Waals surface area contributed by atoms with Crippen LogP contribution in [0.2, 0.25) is 5.02 Å². The third-order valence-corrected chi connectivity index (χ3v) is 3.92. The van der Waals surface area contributed by atoms with E-state index in [2.05, 4.69) is 25.9 Å². The third-order valence-electron chi connectivity index (χ3n) is 3.59. The zero-order valence-corrected chi connectivity index (χ0v) is 13.8. The van der Waals surface area contributed by atoms with Crippen LogP contribution < -0.4 is 5.32 Å². The van der Waals surface area contributed by atoms with E-state index in [4.69, 9.17) is 16.3 Å². The Morgan fingerprint density at radius 3 is 2.92 bits per heavy atom. The number of carbonyl (C=O) groups is 1. The normalized spacial score (nSPS) is 14.9. The molecule has 1 aromatic carbocycles. The molecule has 0 spiro atoms. The molecule has 9 nitrogen and oxygen atoms in total. The van der Waals surface area contributed by atoms with Crippen LogP contribution in [0.1, 0.15) is 16.2 Å². The maximum Gasteiger partial charge on any atom is 0.254 e. The van der Waals surface area contributed by atoms with Gasteiger partial charge in [0, 0.05) is 24.9 Å². The van der Waals surface area contributed by atoms with Crippen molar-refractivity contribution in [3.63, 3.8) is 0 Å². The Bertz CT molecular complexity index is 823. The number of tetrazole rings is 1. The van der Waals surface area contributed by atoms with Crippen molar-refractivity contribution in [1.29, 1.82) is 5.26 Å². The number of H-pyrrole nitrogens is 1. The van der Waals surface area contributed by atoms with Gasteiger partial charge in [-0.15, -0.1) is 10.2 Å². The molecule has 0 bridgehead atoms. The largest absolute Gasteiger partial charge is 0.378 e. The fourth-order valence-corrected chi connectivity index (χ4v) is 2.46. The van der Waals surface area contributed by atoms with Gasteiger partial charge in [-0.05, 0) is 23.4 Å². The number of hydrogen-bond donors (Lipinski definition) is 2. The van der Waals surface area contributed by atoms with Gasteiger partial charge >= 0.3 is 0 Å². The molecule has 0 radical (unpaired) electrons. The van der Waals surface area contributed by atoms with Crippen molar-refractivity contribution >= 4 is 28.8 Å². The second-order valence-corrected chi connectivity index (χ2v) is 5.56. The maximum atomic E-state index is 12.5. The van der Waals surface area contributed by atoms with E-state index in [-0.39, 0.29) is 17.3 Å². The average molecular weight is 360 g/mol. The first-order valence-electron chi connectivity index (χ1n) is 7.46. The molecule has 1 aliphatic heterocycles. The minimum atomic E-state index is -0.0920. The first-order valence-corrected chi connectivity index (χ1v) is 7.84. The summed E-state index contributed by atoms with van der Waals surface area (Å²) in [5.74, 6) is 0.0670. The van der Waals surface area contributed by atoms with E-state index in [1.165, 1.54) is 6.20 Å². The van der Waals surface area contributed by atoms with Gasteiger partial charge < -0.3 is 15.0 Å². The Morgan fingerprint density at radius 1 is 1.44 bits per heavy atom. The molecular formula is C15H14ClN7O2. The Kier molecular flexibility index (Phi) is 5.23. The fraction of sp³-hybridized carbons (Fsp3) is 0.267. The highest BCUT2D eigenvalue weighted by molar-refractivity contribution is 6.33. The molecule has 1 aromatic heterocycles. The highest BCUT2D eigenvalue weighted by atomic mass is 35.5. The molecule has 128 valence electrons.